The molecule has 166 valence electrons. The molecule has 2 heterocycles. The molecular weight excluding hydrogens is 450 g/mol. The molecule has 0 radical (unpaired) electrons. The van der Waals surface area contributed by atoms with Gasteiger partial charge in [0.1, 0.15) is 10.4 Å². The molecule has 1 aliphatic heterocycles. The van der Waals surface area contributed by atoms with E-state index in [1.54, 1.807) is 23.6 Å². The minimum Gasteiger partial charge on any atom is -0.467 e. The van der Waals surface area contributed by atoms with E-state index in [9.17, 15) is 9.59 Å². The molecule has 0 N–H and O–H groups in total. The Morgan fingerprint density at radius 1 is 1.28 bits per heavy atom. The lowest BCUT2D eigenvalue weighted by Crippen LogP contribution is -2.32. The van der Waals surface area contributed by atoms with Crippen LogP contribution in [0.15, 0.2) is 41.2 Å². The summed E-state index contributed by atoms with van der Waals surface area (Å²) in [4.78, 5) is 25.5. The van der Waals surface area contributed by atoms with Gasteiger partial charge in [0.05, 0.1) is 30.4 Å². The Hall–Kier alpha value is -2.87. The van der Waals surface area contributed by atoms with Crippen molar-refractivity contribution in [2.45, 2.75) is 27.0 Å². The van der Waals surface area contributed by atoms with Gasteiger partial charge in [-0.05, 0) is 37.6 Å². The molecule has 3 aromatic rings. The number of rotatable bonds is 5. The standard InChI is InChI=1S/C24H22ClNO5S/c1-3-30-22(27)11-21-26(12-17-9-19(25)10-18-13-29-14-31-23(17)18)24(28)20(32-21)8-16-6-4-15(2)5-7-16/h4-11H,3,12-14H2,1-2H3/b20-8+,21-11-. The van der Waals surface area contributed by atoms with Crippen molar-refractivity contribution in [2.24, 2.45) is 0 Å². The van der Waals surface area contributed by atoms with E-state index in [1.165, 1.54) is 17.4 Å². The van der Waals surface area contributed by atoms with Gasteiger partial charge in [-0.2, -0.15) is 0 Å². The maximum atomic E-state index is 13.3. The van der Waals surface area contributed by atoms with Crippen molar-refractivity contribution in [1.82, 2.24) is 4.57 Å². The first-order valence-electron chi connectivity index (χ1n) is 10.1. The highest BCUT2D eigenvalue weighted by Gasteiger charge is 2.18. The quantitative estimate of drug-likeness (QED) is 0.535. The zero-order valence-electron chi connectivity index (χ0n) is 17.7. The number of aryl methyl sites for hydroxylation is 1. The van der Waals surface area contributed by atoms with Crippen LogP contribution in [0.2, 0.25) is 5.02 Å². The number of hydrogen-bond acceptors (Lipinski definition) is 6. The number of halogens is 1. The number of esters is 1. The Morgan fingerprint density at radius 2 is 2.06 bits per heavy atom. The number of thiazole rings is 1. The zero-order valence-corrected chi connectivity index (χ0v) is 19.3. The van der Waals surface area contributed by atoms with Gasteiger partial charge in [-0.25, -0.2) is 4.79 Å². The monoisotopic (exact) mass is 471 g/mol. The Labute approximate surface area is 193 Å². The first-order chi connectivity index (χ1) is 15.4. The number of carbonyl (C=O) groups is 1. The topological polar surface area (TPSA) is 66.8 Å². The molecule has 0 atom stereocenters. The van der Waals surface area contributed by atoms with Crippen LogP contribution in [0, 0.1) is 6.92 Å². The molecule has 0 aliphatic carbocycles. The number of hydrogen-bond donors (Lipinski definition) is 0. The second kappa shape index (κ2) is 9.73. The summed E-state index contributed by atoms with van der Waals surface area (Å²) in [6.45, 7) is 4.72. The normalized spacial score (nSPS) is 14.2. The van der Waals surface area contributed by atoms with E-state index in [4.69, 9.17) is 25.8 Å². The number of aromatic nitrogens is 1. The molecule has 0 saturated carbocycles. The van der Waals surface area contributed by atoms with Crippen molar-refractivity contribution < 1.29 is 19.0 Å². The van der Waals surface area contributed by atoms with E-state index in [0.29, 0.717) is 26.6 Å². The van der Waals surface area contributed by atoms with Crippen LogP contribution in [0.25, 0.3) is 12.2 Å². The van der Waals surface area contributed by atoms with Gasteiger partial charge in [0.15, 0.2) is 6.79 Å². The van der Waals surface area contributed by atoms with Crippen LogP contribution in [0.4, 0.5) is 0 Å². The second-order valence-electron chi connectivity index (χ2n) is 7.31. The number of fused-ring (bicyclic) bond motifs is 1. The summed E-state index contributed by atoms with van der Waals surface area (Å²) in [5, 5.41) is 0.526. The van der Waals surface area contributed by atoms with Gasteiger partial charge in [-0.1, -0.05) is 41.4 Å². The molecule has 0 saturated heterocycles. The minimum absolute atomic E-state index is 0.133. The van der Waals surface area contributed by atoms with Crippen LogP contribution in [-0.2, 0) is 27.4 Å². The second-order valence-corrected chi connectivity index (χ2v) is 8.81. The van der Waals surface area contributed by atoms with Gasteiger partial charge in [0.2, 0.25) is 0 Å². The van der Waals surface area contributed by atoms with E-state index in [-0.39, 0.29) is 25.5 Å². The van der Waals surface area contributed by atoms with E-state index >= 15 is 0 Å². The van der Waals surface area contributed by atoms with E-state index < -0.39 is 5.97 Å². The summed E-state index contributed by atoms with van der Waals surface area (Å²) in [5.74, 6) is 0.159. The molecule has 32 heavy (non-hydrogen) atoms. The molecule has 1 aliphatic rings. The molecule has 0 amide bonds. The highest BCUT2D eigenvalue weighted by atomic mass is 35.5. The average Bonchev–Trinajstić information content (AvgIpc) is 3.04. The van der Waals surface area contributed by atoms with Crippen LogP contribution < -0.4 is 19.5 Å². The fraction of sp³-hybridized carbons (Fsp3) is 0.250. The predicted molar refractivity (Wildman–Crippen MR) is 125 cm³/mol. The molecule has 6 nitrogen and oxygen atoms in total. The van der Waals surface area contributed by atoms with Crippen molar-refractivity contribution in [3.8, 4) is 5.75 Å². The van der Waals surface area contributed by atoms with Crippen molar-refractivity contribution in [3.63, 3.8) is 0 Å². The molecular formula is C24H22ClNO5S. The maximum absolute atomic E-state index is 13.3. The lowest BCUT2D eigenvalue weighted by atomic mass is 10.1. The van der Waals surface area contributed by atoms with Crippen LogP contribution in [0.5, 0.6) is 5.75 Å². The van der Waals surface area contributed by atoms with Crippen LogP contribution in [0.1, 0.15) is 29.2 Å². The molecule has 4 rings (SSSR count). The van der Waals surface area contributed by atoms with Crippen LogP contribution in [-0.4, -0.2) is 23.9 Å². The van der Waals surface area contributed by atoms with Gasteiger partial charge in [0, 0.05) is 16.1 Å². The van der Waals surface area contributed by atoms with Gasteiger partial charge in [-0.15, -0.1) is 11.3 Å². The summed E-state index contributed by atoms with van der Waals surface area (Å²) >= 11 is 7.53. The molecule has 8 heteroatoms. The highest BCUT2D eigenvalue weighted by molar-refractivity contribution is 7.07. The lowest BCUT2D eigenvalue weighted by Gasteiger charge is -2.21. The Kier molecular flexibility index (Phi) is 6.79. The van der Waals surface area contributed by atoms with Crippen LogP contribution >= 0.6 is 22.9 Å². The summed E-state index contributed by atoms with van der Waals surface area (Å²) in [5.41, 5.74) is 3.41. The summed E-state index contributed by atoms with van der Waals surface area (Å²) in [6.07, 6.45) is 3.17. The third-order valence-corrected chi connectivity index (χ3v) is 6.20. The van der Waals surface area contributed by atoms with Gasteiger partial charge >= 0.3 is 5.97 Å². The highest BCUT2D eigenvalue weighted by Crippen LogP contribution is 2.31. The van der Waals surface area contributed by atoms with E-state index in [2.05, 4.69) is 0 Å². The number of ether oxygens (including phenoxy) is 3. The van der Waals surface area contributed by atoms with E-state index in [1.807, 2.05) is 37.3 Å². The fourth-order valence-electron chi connectivity index (χ4n) is 3.44. The summed E-state index contributed by atoms with van der Waals surface area (Å²) < 4.78 is 18.7. The third kappa shape index (κ3) is 4.96. The maximum Gasteiger partial charge on any atom is 0.333 e. The van der Waals surface area contributed by atoms with Crippen LogP contribution in [0.3, 0.4) is 0 Å². The summed E-state index contributed by atoms with van der Waals surface area (Å²) in [7, 11) is 0. The largest absolute Gasteiger partial charge is 0.467 e. The Bertz CT molecular complexity index is 1320. The van der Waals surface area contributed by atoms with Crippen molar-refractivity contribution in [2.75, 3.05) is 13.4 Å². The van der Waals surface area contributed by atoms with Crippen molar-refractivity contribution in [1.29, 1.82) is 0 Å². The van der Waals surface area contributed by atoms with Gasteiger partial charge < -0.3 is 14.2 Å². The van der Waals surface area contributed by atoms with Crippen molar-refractivity contribution >= 4 is 41.1 Å². The zero-order chi connectivity index (χ0) is 22.7. The smallest absolute Gasteiger partial charge is 0.333 e. The fourth-order valence-corrected chi connectivity index (χ4v) is 4.73. The first kappa shape index (κ1) is 22.3. The molecule has 1 aromatic heterocycles. The Balaban J connectivity index is 1.85. The van der Waals surface area contributed by atoms with Crippen molar-refractivity contribution in [3.05, 3.63) is 83.2 Å². The SMILES string of the molecule is CCOC(=O)/C=c1\s/c(=C/c2ccc(C)cc2)c(=O)n1Cc1cc(Cl)cc2c1OCOC2. The number of carbonyl (C=O) groups excluding carboxylic acids is 1. The molecule has 0 spiro atoms. The molecule has 0 fully saturated rings. The third-order valence-electron chi connectivity index (χ3n) is 4.92. The first-order valence-corrected chi connectivity index (χ1v) is 11.3. The lowest BCUT2D eigenvalue weighted by molar-refractivity contribution is -0.135. The predicted octanol–water partition coefficient (Wildman–Crippen LogP) is 2.96. The average molecular weight is 472 g/mol. The molecule has 2 aromatic carbocycles. The number of nitrogens with zero attached hydrogens (tertiary/aromatic N) is 1. The molecule has 0 bridgehead atoms. The van der Waals surface area contributed by atoms with E-state index in [0.717, 1.165) is 22.3 Å². The molecule has 0 unspecified atom stereocenters. The minimum atomic E-state index is -0.498. The Morgan fingerprint density at radius 3 is 2.81 bits per heavy atom. The van der Waals surface area contributed by atoms with Gasteiger partial charge in [-0.3, -0.25) is 9.36 Å². The summed E-state index contributed by atoms with van der Waals surface area (Å²) in [6, 6.07) is 11.4. The van der Waals surface area contributed by atoms with Gasteiger partial charge in [0.25, 0.3) is 5.56 Å². The number of benzene rings is 2.